The Hall–Kier alpha value is -2.36. The molecule has 22 heavy (non-hydrogen) atoms. The zero-order valence-corrected chi connectivity index (χ0v) is 13.4. The molecule has 2 rings (SSSR count). The molecule has 3 nitrogen and oxygen atoms in total. The lowest BCUT2D eigenvalue weighted by Gasteiger charge is -2.24. The predicted octanol–water partition coefficient (Wildman–Crippen LogP) is 3.81. The smallest absolute Gasteiger partial charge is 0.234 e. The van der Waals surface area contributed by atoms with Gasteiger partial charge in [0, 0.05) is 25.5 Å². The van der Waals surface area contributed by atoms with Crippen LogP contribution in [0.4, 0.5) is 15.8 Å². The van der Waals surface area contributed by atoms with E-state index >= 15 is 0 Å². The van der Waals surface area contributed by atoms with Gasteiger partial charge in [0.1, 0.15) is 5.82 Å². The number of benzene rings is 2. The molecular formula is C18H21FN2O. The summed E-state index contributed by atoms with van der Waals surface area (Å²) in [6, 6.07) is 13.7. The molecule has 2 aromatic carbocycles. The number of hydrogen-bond acceptors (Lipinski definition) is 2. The first-order valence-corrected chi connectivity index (χ1v) is 7.15. The maximum atomic E-state index is 13.0. The molecule has 0 heterocycles. The Labute approximate surface area is 130 Å². The molecule has 0 atom stereocenters. The first kappa shape index (κ1) is 16.0. The summed E-state index contributed by atoms with van der Waals surface area (Å²) in [4.78, 5) is 14.5. The molecule has 0 saturated heterocycles. The molecule has 0 aliphatic rings. The van der Waals surface area contributed by atoms with Crippen LogP contribution in [0.5, 0.6) is 0 Å². The molecule has 0 aliphatic heterocycles. The maximum absolute atomic E-state index is 13.0. The molecule has 1 N–H and O–H groups in total. The van der Waals surface area contributed by atoms with Crippen molar-refractivity contribution in [2.24, 2.45) is 0 Å². The van der Waals surface area contributed by atoms with Crippen molar-refractivity contribution < 1.29 is 9.18 Å². The van der Waals surface area contributed by atoms with E-state index in [1.54, 1.807) is 12.1 Å². The van der Waals surface area contributed by atoms with E-state index in [4.69, 9.17) is 0 Å². The number of amides is 1. The Bertz CT molecular complexity index is 646. The minimum absolute atomic E-state index is 0.128. The Morgan fingerprint density at radius 2 is 1.55 bits per heavy atom. The Balaban J connectivity index is 2.15. The summed E-state index contributed by atoms with van der Waals surface area (Å²) < 4.78 is 13.0. The van der Waals surface area contributed by atoms with Crippen LogP contribution >= 0.6 is 0 Å². The molecule has 0 bridgehead atoms. The quantitative estimate of drug-likeness (QED) is 0.931. The summed E-state index contributed by atoms with van der Waals surface area (Å²) in [7, 11) is 3.93. The summed E-state index contributed by atoms with van der Waals surface area (Å²) in [5, 5.41) is 2.91. The number of carbonyl (C=O) groups excluding carboxylic acids is 1. The lowest BCUT2D eigenvalue weighted by molar-refractivity contribution is -0.120. The lowest BCUT2D eigenvalue weighted by Crippen LogP contribution is -2.34. The number of anilines is 2. The average molecular weight is 300 g/mol. The van der Waals surface area contributed by atoms with Crippen LogP contribution in [0.25, 0.3) is 0 Å². The Kier molecular flexibility index (Phi) is 4.50. The highest BCUT2D eigenvalue weighted by Crippen LogP contribution is 2.26. The van der Waals surface area contributed by atoms with Crippen LogP contribution in [0.2, 0.25) is 0 Å². The summed E-state index contributed by atoms with van der Waals surface area (Å²) in [5.41, 5.74) is 1.84. The molecule has 0 saturated carbocycles. The fourth-order valence-electron chi connectivity index (χ4n) is 2.13. The van der Waals surface area contributed by atoms with Gasteiger partial charge in [0.2, 0.25) is 5.91 Å². The molecule has 0 aliphatic carbocycles. The highest BCUT2D eigenvalue weighted by Gasteiger charge is 2.29. The third kappa shape index (κ3) is 3.45. The van der Waals surface area contributed by atoms with Crippen molar-refractivity contribution >= 4 is 17.3 Å². The van der Waals surface area contributed by atoms with Gasteiger partial charge in [-0.05, 0) is 55.8 Å². The monoisotopic (exact) mass is 300 g/mol. The molecule has 116 valence electrons. The number of hydrogen-bond donors (Lipinski definition) is 1. The van der Waals surface area contributed by atoms with Crippen LogP contribution in [0.15, 0.2) is 48.5 Å². The largest absolute Gasteiger partial charge is 0.378 e. The van der Waals surface area contributed by atoms with Gasteiger partial charge in [0.15, 0.2) is 0 Å². The van der Waals surface area contributed by atoms with Gasteiger partial charge >= 0.3 is 0 Å². The van der Waals surface area contributed by atoms with Crippen molar-refractivity contribution in [1.29, 1.82) is 0 Å². The van der Waals surface area contributed by atoms with Gasteiger partial charge in [-0.1, -0.05) is 12.1 Å². The second-order valence-corrected chi connectivity index (χ2v) is 6.03. The van der Waals surface area contributed by atoms with Crippen LogP contribution in [0.3, 0.4) is 0 Å². The van der Waals surface area contributed by atoms with E-state index in [-0.39, 0.29) is 11.7 Å². The van der Waals surface area contributed by atoms with E-state index < -0.39 is 5.41 Å². The first-order valence-electron chi connectivity index (χ1n) is 7.15. The van der Waals surface area contributed by atoms with Crippen molar-refractivity contribution in [2.45, 2.75) is 19.3 Å². The number of carbonyl (C=O) groups is 1. The molecule has 0 fully saturated rings. The van der Waals surface area contributed by atoms with Gasteiger partial charge in [0.05, 0.1) is 5.41 Å². The molecule has 0 aromatic heterocycles. The SMILES string of the molecule is CN(C)c1ccc(NC(=O)C(C)(C)c2ccc(F)cc2)cc1. The average Bonchev–Trinajstić information content (AvgIpc) is 2.48. The van der Waals surface area contributed by atoms with E-state index in [1.165, 1.54) is 12.1 Å². The minimum Gasteiger partial charge on any atom is -0.378 e. The van der Waals surface area contributed by atoms with Gasteiger partial charge in [-0.2, -0.15) is 0 Å². The van der Waals surface area contributed by atoms with Crippen molar-refractivity contribution in [2.75, 3.05) is 24.3 Å². The molecule has 4 heteroatoms. The van der Waals surface area contributed by atoms with Crippen molar-refractivity contribution in [3.05, 3.63) is 59.9 Å². The van der Waals surface area contributed by atoms with E-state index in [9.17, 15) is 9.18 Å². The number of nitrogens with zero attached hydrogens (tertiary/aromatic N) is 1. The predicted molar refractivity (Wildman–Crippen MR) is 88.8 cm³/mol. The normalized spacial score (nSPS) is 11.1. The zero-order valence-electron chi connectivity index (χ0n) is 13.4. The molecule has 0 radical (unpaired) electrons. The van der Waals surface area contributed by atoms with Gasteiger partial charge in [0.25, 0.3) is 0 Å². The van der Waals surface area contributed by atoms with Gasteiger partial charge < -0.3 is 10.2 Å². The van der Waals surface area contributed by atoms with Crippen LogP contribution in [0, 0.1) is 5.82 Å². The fraction of sp³-hybridized carbons (Fsp3) is 0.278. The molecule has 0 spiro atoms. The van der Waals surface area contributed by atoms with Gasteiger partial charge in [-0.15, -0.1) is 0 Å². The molecule has 0 unspecified atom stereocenters. The number of halogens is 1. The van der Waals surface area contributed by atoms with Crippen LogP contribution < -0.4 is 10.2 Å². The Morgan fingerprint density at radius 1 is 1.00 bits per heavy atom. The third-order valence-electron chi connectivity index (χ3n) is 3.78. The van der Waals surface area contributed by atoms with E-state index in [1.807, 2.05) is 57.1 Å². The second kappa shape index (κ2) is 6.18. The Morgan fingerprint density at radius 3 is 2.05 bits per heavy atom. The highest BCUT2D eigenvalue weighted by atomic mass is 19.1. The zero-order chi connectivity index (χ0) is 16.3. The van der Waals surface area contributed by atoms with E-state index in [0.717, 1.165) is 16.9 Å². The lowest BCUT2D eigenvalue weighted by atomic mass is 9.83. The minimum atomic E-state index is -0.742. The summed E-state index contributed by atoms with van der Waals surface area (Å²) in [6.07, 6.45) is 0. The summed E-state index contributed by atoms with van der Waals surface area (Å²) in [5.74, 6) is -0.434. The van der Waals surface area contributed by atoms with Crippen LogP contribution in [-0.4, -0.2) is 20.0 Å². The second-order valence-electron chi connectivity index (χ2n) is 6.03. The molecular weight excluding hydrogens is 279 g/mol. The van der Waals surface area contributed by atoms with Crippen LogP contribution in [0.1, 0.15) is 19.4 Å². The van der Waals surface area contributed by atoms with E-state index in [0.29, 0.717) is 0 Å². The maximum Gasteiger partial charge on any atom is 0.234 e. The summed E-state index contributed by atoms with van der Waals surface area (Å²) >= 11 is 0. The van der Waals surface area contributed by atoms with Crippen LogP contribution in [-0.2, 0) is 10.2 Å². The van der Waals surface area contributed by atoms with Crippen molar-refractivity contribution in [3.8, 4) is 0 Å². The van der Waals surface area contributed by atoms with Crippen molar-refractivity contribution in [3.63, 3.8) is 0 Å². The van der Waals surface area contributed by atoms with E-state index in [2.05, 4.69) is 5.32 Å². The number of nitrogens with one attached hydrogen (secondary N) is 1. The summed E-state index contributed by atoms with van der Waals surface area (Å²) in [6.45, 7) is 3.65. The van der Waals surface area contributed by atoms with Gasteiger partial charge in [-0.3, -0.25) is 4.79 Å². The molecule has 1 amide bonds. The highest BCUT2D eigenvalue weighted by molar-refractivity contribution is 5.98. The topological polar surface area (TPSA) is 32.3 Å². The standard InChI is InChI=1S/C18H21FN2O/c1-18(2,13-5-7-14(19)8-6-13)17(22)20-15-9-11-16(12-10-15)21(3)4/h5-12H,1-4H3,(H,20,22). The first-order chi connectivity index (χ1) is 10.3. The van der Waals surface area contributed by atoms with Gasteiger partial charge in [-0.25, -0.2) is 4.39 Å². The third-order valence-corrected chi connectivity index (χ3v) is 3.78. The van der Waals surface area contributed by atoms with Crippen molar-refractivity contribution in [1.82, 2.24) is 0 Å². The molecule has 2 aromatic rings. The fourth-order valence-corrected chi connectivity index (χ4v) is 2.13. The number of rotatable bonds is 4.